The summed E-state index contributed by atoms with van der Waals surface area (Å²) in [5.41, 5.74) is 0.953. The van der Waals surface area contributed by atoms with Crippen LogP contribution >= 0.6 is 0 Å². The number of ether oxygens (including phenoxy) is 2. The summed E-state index contributed by atoms with van der Waals surface area (Å²) in [6, 6.07) is 9.10. The topological polar surface area (TPSA) is 76.6 Å². The maximum atomic E-state index is 12.7. The number of para-hydroxylation sites is 2. The molecular weight excluding hydrogens is 332 g/mol. The minimum Gasteiger partial charge on any atom is -0.489 e. The lowest BCUT2D eigenvalue weighted by atomic mass is 10.2. The van der Waals surface area contributed by atoms with Crippen molar-refractivity contribution < 1.29 is 14.3 Å². The van der Waals surface area contributed by atoms with Crippen molar-refractivity contribution >= 4 is 17.4 Å². The lowest BCUT2D eigenvalue weighted by molar-refractivity contribution is 0.102. The van der Waals surface area contributed by atoms with Gasteiger partial charge in [-0.25, -0.2) is 9.97 Å². The lowest BCUT2D eigenvalue weighted by Crippen LogP contribution is -2.37. The Morgan fingerprint density at radius 2 is 1.96 bits per heavy atom. The first-order chi connectivity index (χ1) is 12.5. The summed E-state index contributed by atoms with van der Waals surface area (Å²) in [7, 11) is 0. The molecule has 1 N–H and O–H groups in total. The van der Waals surface area contributed by atoms with E-state index in [1.54, 1.807) is 13.0 Å². The number of nitrogens with one attached hydrogen (secondary N) is 1. The van der Waals surface area contributed by atoms with Gasteiger partial charge in [-0.1, -0.05) is 12.1 Å². The zero-order valence-corrected chi connectivity index (χ0v) is 15.4. The molecule has 7 nitrogen and oxygen atoms in total. The molecule has 1 aromatic carbocycles. The normalized spacial score (nSPS) is 14.4. The van der Waals surface area contributed by atoms with Gasteiger partial charge in [0.05, 0.1) is 25.0 Å². The van der Waals surface area contributed by atoms with Crippen LogP contribution in [0, 0.1) is 6.92 Å². The fourth-order valence-electron chi connectivity index (χ4n) is 2.74. The first-order valence-corrected chi connectivity index (χ1v) is 8.78. The summed E-state index contributed by atoms with van der Waals surface area (Å²) in [5.74, 6) is 1.66. The Balaban J connectivity index is 1.81. The number of anilines is 2. The largest absolute Gasteiger partial charge is 0.489 e. The van der Waals surface area contributed by atoms with E-state index >= 15 is 0 Å². The summed E-state index contributed by atoms with van der Waals surface area (Å²) in [6.45, 7) is 8.50. The van der Waals surface area contributed by atoms with Crippen LogP contribution in [0.15, 0.2) is 30.3 Å². The monoisotopic (exact) mass is 356 g/mol. The molecular formula is C19H24N4O3. The molecule has 1 fully saturated rings. The van der Waals surface area contributed by atoms with E-state index in [2.05, 4.69) is 20.2 Å². The summed E-state index contributed by atoms with van der Waals surface area (Å²) in [5, 5.41) is 2.89. The SMILES string of the molecule is Cc1nc(C(=O)Nc2ccccc2OC(C)C)cc(N2CCOCC2)n1. The average Bonchev–Trinajstić information content (AvgIpc) is 2.63. The second kappa shape index (κ2) is 8.14. The second-order valence-corrected chi connectivity index (χ2v) is 6.37. The Kier molecular flexibility index (Phi) is 5.68. The first-order valence-electron chi connectivity index (χ1n) is 8.78. The molecule has 1 aromatic heterocycles. The molecule has 0 saturated carbocycles. The summed E-state index contributed by atoms with van der Waals surface area (Å²) >= 11 is 0. The van der Waals surface area contributed by atoms with Crippen molar-refractivity contribution in [1.82, 2.24) is 9.97 Å². The second-order valence-electron chi connectivity index (χ2n) is 6.37. The molecule has 2 aromatic rings. The van der Waals surface area contributed by atoms with Gasteiger partial charge in [0.1, 0.15) is 23.1 Å². The molecule has 3 rings (SSSR count). The maximum absolute atomic E-state index is 12.7. The molecule has 138 valence electrons. The van der Waals surface area contributed by atoms with Crippen LogP contribution in [-0.4, -0.2) is 48.3 Å². The van der Waals surface area contributed by atoms with Crippen molar-refractivity contribution in [1.29, 1.82) is 0 Å². The van der Waals surface area contributed by atoms with Gasteiger partial charge >= 0.3 is 0 Å². The number of rotatable bonds is 5. The third kappa shape index (κ3) is 4.49. The number of aryl methyl sites for hydroxylation is 1. The molecule has 0 aliphatic carbocycles. The third-order valence-corrected chi connectivity index (χ3v) is 3.89. The van der Waals surface area contributed by atoms with Gasteiger partial charge in [-0.05, 0) is 32.9 Å². The first kappa shape index (κ1) is 18.1. The molecule has 0 radical (unpaired) electrons. The molecule has 0 bridgehead atoms. The lowest BCUT2D eigenvalue weighted by Gasteiger charge is -2.28. The Morgan fingerprint density at radius 3 is 2.69 bits per heavy atom. The van der Waals surface area contributed by atoms with Gasteiger partial charge in [-0.3, -0.25) is 4.79 Å². The third-order valence-electron chi connectivity index (χ3n) is 3.89. The number of nitrogens with zero attached hydrogens (tertiary/aromatic N) is 3. The fourth-order valence-corrected chi connectivity index (χ4v) is 2.74. The number of amides is 1. The highest BCUT2D eigenvalue weighted by Crippen LogP contribution is 2.25. The minimum absolute atomic E-state index is 0.0160. The average molecular weight is 356 g/mol. The Labute approximate surface area is 153 Å². The predicted octanol–water partition coefficient (Wildman–Crippen LogP) is 2.66. The highest BCUT2D eigenvalue weighted by atomic mass is 16.5. The molecule has 1 aliphatic heterocycles. The number of aromatic nitrogens is 2. The van der Waals surface area contributed by atoms with Crippen molar-refractivity contribution in [3.8, 4) is 5.75 Å². The van der Waals surface area contributed by atoms with Crippen LogP contribution in [-0.2, 0) is 4.74 Å². The van der Waals surface area contributed by atoms with Crippen LogP contribution in [0.3, 0.4) is 0 Å². The number of hydrogen-bond acceptors (Lipinski definition) is 6. The van der Waals surface area contributed by atoms with Crippen molar-refractivity contribution in [2.24, 2.45) is 0 Å². The van der Waals surface area contributed by atoms with E-state index in [9.17, 15) is 4.79 Å². The molecule has 1 amide bonds. The number of benzene rings is 1. The number of carbonyl (C=O) groups is 1. The molecule has 2 heterocycles. The van der Waals surface area contributed by atoms with E-state index in [0.717, 1.165) is 18.9 Å². The molecule has 0 unspecified atom stereocenters. The van der Waals surface area contributed by atoms with Crippen LogP contribution < -0.4 is 15.0 Å². The smallest absolute Gasteiger partial charge is 0.274 e. The molecule has 1 saturated heterocycles. The van der Waals surface area contributed by atoms with Gasteiger partial charge in [0.25, 0.3) is 5.91 Å². The number of carbonyl (C=O) groups excluding carboxylic acids is 1. The van der Waals surface area contributed by atoms with Gasteiger partial charge in [-0.2, -0.15) is 0 Å². The summed E-state index contributed by atoms with van der Waals surface area (Å²) in [4.78, 5) is 23.6. The standard InChI is InChI=1S/C19H24N4O3/c1-13(2)26-17-7-5-4-6-15(17)22-19(24)16-12-18(21-14(3)20-16)23-8-10-25-11-9-23/h4-7,12-13H,8-11H2,1-3H3,(H,22,24). The van der Waals surface area contributed by atoms with E-state index in [-0.39, 0.29) is 12.0 Å². The van der Waals surface area contributed by atoms with Crippen LogP contribution in [0.2, 0.25) is 0 Å². The number of hydrogen-bond donors (Lipinski definition) is 1. The predicted molar refractivity (Wildman–Crippen MR) is 100.0 cm³/mol. The molecule has 1 aliphatic rings. The molecule has 26 heavy (non-hydrogen) atoms. The fraction of sp³-hybridized carbons (Fsp3) is 0.421. The van der Waals surface area contributed by atoms with Crippen molar-refractivity contribution in [3.05, 3.63) is 41.9 Å². The summed E-state index contributed by atoms with van der Waals surface area (Å²) < 4.78 is 11.1. The maximum Gasteiger partial charge on any atom is 0.274 e. The Morgan fingerprint density at radius 1 is 1.23 bits per heavy atom. The van der Waals surface area contributed by atoms with Gasteiger partial charge in [0, 0.05) is 19.2 Å². The van der Waals surface area contributed by atoms with Crippen LogP contribution in [0.5, 0.6) is 5.75 Å². The van der Waals surface area contributed by atoms with E-state index in [1.807, 2.05) is 38.1 Å². The van der Waals surface area contributed by atoms with Gasteiger partial charge in [0.2, 0.25) is 0 Å². The van der Waals surface area contributed by atoms with Crippen LogP contribution in [0.4, 0.5) is 11.5 Å². The molecule has 0 spiro atoms. The van der Waals surface area contributed by atoms with Gasteiger partial charge in [0.15, 0.2) is 0 Å². The molecule has 0 atom stereocenters. The quantitative estimate of drug-likeness (QED) is 0.888. The molecule has 7 heteroatoms. The number of morpholine rings is 1. The Hall–Kier alpha value is -2.67. The van der Waals surface area contributed by atoms with Crippen molar-refractivity contribution in [2.75, 3.05) is 36.5 Å². The zero-order valence-electron chi connectivity index (χ0n) is 15.4. The summed E-state index contributed by atoms with van der Waals surface area (Å²) in [6.07, 6.45) is 0.0160. The van der Waals surface area contributed by atoms with Crippen LogP contribution in [0.1, 0.15) is 30.2 Å². The zero-order chi connectivity index (χ0) is 18.5. The van der Waals surface area contributed by atoms with Crippen LogP contribution in [0.25, 0.3) is 0 Å². The minimum atomic E-state index is -0.287. The van der Waals surface area contributed by atoms with Gasteiger partial charge in [-0.15, -0.1) is 0 Å². The van der Waals surface area contributed by atoms with E-state index in [1.165, 1.54) is 0 Å². The Bertz CT molecular complexity index is 773. The van der Waals surface area contributed by atoms with E-state index in [4.69, 9.17) is 9.47 Å². The highest BCUT2D eigenvalue weighted by molar-refractivity contribution is 6.04. The van der Waals surface area contributed by atoms with E-state index in [0.29, 0.717) is 36.2 Å². The van der Waals surface area contributed by atoms with Crippen molar-refractivity contribution in [3.63, 3.8) is 0 Å². The van der Waals surface area contributed by atoms with Crippen molar-refractivity contribution in [2.45, 2.75) is 26.9 Å². The van der Waals surface area contributed by atoms with E-state index < -0.39 is 0 Å². The highest BCUT2D eigenvalue weighted by Gasteiger charge is 2.18. The van der Waals surface area contributed by atoms with Gasteiger partial charge < -0.3 is 19.7 Å².